The Morgan fingerprint density at radius 3 is 2.07 bits per heavy atom. The fraction of sp³-hybridized carbons (Fsp3) is 0. The van der Waals surface area contributed by atoms with E-state index in [1.165, 1.54) is 59.4 Å². The average Bonchev–Trinajstić information content (AvgIpc) is 3.11. The van der Waals surface area contributed by atoms with Crippen LogP contribution in [0, 0.1) is 16.2 Å². The molecule has 2 aromatic carbocycles. The van der Waals surface area contributed by atoms with E-state index in [-0.39, 0.29) is 62.0 Å². The van der Waals surface area contributed by atoms with Crippen LogP contribution in [-0.2, 0) is 30.3 Å². The molecule has 0 saturated carbocycles. The quantitative estimate of drug-likeness (QED) is 0.0311. The van der Waals surface area contributed by atoms with Crippen molar-refractivity contribution in [3.63, 3.8) is 0 Å². The number of allylic oxidation sites excluding steroid dienone is 4. The molecular formula is C30H27N14O10S3+. The minimum absolute atomic E-state index is 0.0243. The highest BCUT2D eigenvalue weighted by molar-refractivity contribution is 7.92. The molecule has 5 aromatic rings. The summed E-state index contributed by atoms with van der Waals surface area (Å²) in [4.78, 5) is 29.1. The summed E-state index contributed by atoms with van der Waals surface area (Å²) in [6.45, 7) is 0. The lowest BCUT2D eigenvalue weighted by molar-refractivity contribution is -0.604. The maximum atomic E-state index is 12.5. The number of aliphatic imine (C=N–C) groups is 1. The van der Waals surface area contributed by atoms with Crippen molar-refractivity contribution in [2.75, 3.05) is 5.32 Å². The second-order valence-electron chi connectivity index (χ2n) is 11.4. The van der Waals surface area contributed by atoms with E-state index in [0.29, 0.717) is 0 Å². The van der Waals surface area contributed by atoms with Gasteiger partial charge in [-0.3, -0.25) is 49.4 Å². The molecule has 0 spiro atoms. The Balaban J connectivity index is 1.34. The Hall–Kier alpha value is -7.01. The number of hydrogen-bond donors (Lipinski definition) is 13. The Bertz CT molecular complexity index is 3200. The molecule has 0 saturated heterocycles. The first-order valence-electron chi connectivity index (χ1n) is 15.4. The van der Waals surface area contributed by atoms with E-state index in [1.807, 2.05) is 0 Å². The molecule has 6 rings (SSSR count). The molecule has 0 aliphatic heterocycles. The van der Waals surface area contributed by atoms with Crippen LogP contribution in [0.3, 0.4) is 0 Å². The van der Waals surface area contributed by atoms with Gasteiger partial charge in [0.05, 0.1) is 45.6 Å². The minimum atomic E-state index is -5.00. The maximum absolute atomic E-state index is 12.5. The van der Waals surface area contributed by atoms with Gasteiger partial charge in [-0.1, -0.05) is 0 Å². The first-order valence-corrected chi connectivity index (χ1v) is 19.8. The minimum Gasteiger partial charge on any atom is -0.493 e. The van der Waals surface area contributed by atoms with Gasteiger partial charge in [-0.2, -0.15) is 26.8 Å². The first kappa shape index (κ1) is 39.7. The van der Waals surface area contributed by atoms with Crippen LogP contribution in [0.1, 0.15) is 5.56 Å². The number of pyridine rings is 1. The van der Waals surface area contributed by atoms with Gasteiger partial charge in [0.2, 0.25) is 33.2 Å². The lowest BCUT2D eigenvalue weighted by atomic mass is 10.2. The van der Waals surface area contributed by atoms with Gasteiger partial charge in [-0.15, -0.1) is 0 Å². The van der Waals surface area contributed by atoms with E-state index >= 15 is 0 Å². The first-order chi connectivity index (χ1) is 26.7. The summed E-state index contributed by atoms with van der Waals surface area (Å²) in [5.41, 5.74) is -1.65. The molecule has 1 aliphatic carbocycles. The molecule has 24 nitrogen and oxygen atoms in total. The molecule has 0 amide bonds. The van der Waals surface area contributed by atoms with Crippen molar-refractivity contribution < 1.29 is 48.9 Å². The smallest absolute Gasteiger partial charge is 0.407 e. The fourth-order valence-electron chi connectivity index (χ4n) is 4.87. The van der Waals surface area contributed by atoms with Crippen molar-refractivity contribution in [3.8, 4) is 5.95 Å². The van der Waals surface area contributed by atoms with E-state index in [1.54, 1.807) is 0 Å². The second kappa shape index (κ2) is 15.3. The van der Waals surface area contributed by atoms with Gasteiger partial charge in [0, 0.05) is 5.69 Å². The van der Waals surface area contributed by atoms with E-state index < -0.39 is 57.2 Å². The summed E-state index contributed by atoms with van der Waals surface area (Å²) in [6, 6.07) is 9.73. The Morgan fingerprint density at radius 2 is 1.42 bits per heavy atom. The summed E-state index contributed by atoms with van der Waals surface area (Å²) in [6.07, 6.45) is 7.73. The van der Waals surface area contributed by atoms with E-state index in [2.05, 4.69) is 50.2 Å². The second-order valence-corrected chi connectivity index (χ2v) is 15.6. The van der Waals surface area contributed by atoms with E-state index in [0.717, 1.165) is 30.4 Å². The highest BCUT2D eigenvalue weighted by atomic mass is 32.2. The number of aromatic amines is 4. The van der Waals surface area contributed by atoms with Crippen molar-refractivity contribution in [1.82, 2.24) is 29.9 Å². The normalized spacial score (nSPS) is 13.9. The molecule has 3 aromatic heterocycles. The lowest BCUT2D eigenvalue weighted by Gasteiger charge is -2.12. The number of hydrogen-bond acceptors (Lipinski definition) is 14. The molecule has 0 bridgehead atoms. The van der Waals surface area contributed by atoms with Crippen molar-refractivity contribution >= 4 is 75.5 Å². The van der Waals surface area contributed by atoms with Gasteiger partial charge < -0.3 is 10.4 Å². The molecule has 0 radical (unpaired) electrons. The number of aromatic nitrogens is 7. The standard InChI is InChI=1S/C30H26N14O10S3/c31-24(45)15-2-1-11-44(14-15)30-41-26(33)40-29(43-30)37-21-10-5-17(12-23(21)57(52,53)54)34-20-9-6-18(13-22(20)56(49,50)51)36-28-39-25(32)38-27(42-28)35-16-3-7-19(8-4-16)55(46,47)48/h1-14,34H,(H11-,31,32,33,35,36,37,38,39,40,41,42,43,45,46,47,48,49,50,51,52,53,54)/p+1. The number of benzene rings is 2. The van der Waals surface area contributed by atoms with Crippen LogP contribution in [0.15, 0.2) is 110 Å². The molecule has 27 heteroatoms. The summed E-state index contributed by atoms with van der Waals surface area (Å²) in [7, 11) is -14.2. The monoisotopic (exact) mass is 839 g/mol. The largest absolute Gasteiger partial charge is 0.493 e. The zero-order chi connectivity index (χ0) is 41.3. The molecule has 0 unspecified atom stereocenters. The number of anilines is 2. The van der Waals surface area contributed by atoms with Crippen LogP contribution in [0.5, 0.6) is 0 Å². The number of nitrogens with zero attached hydrogens (tertiary/aromatic N) is 6. The Kier molecular flexibility index (Phi) is 10.6. The predicted octanol–water partition coefficient (Wildman–Crippen LogP) is 0.211. The molecule has 57 heavy (non-hydrogen) atoms. The highest BCUT2D eigenvalue weighted by Gasteiger charge is 2.21. The van der Waals surface area contributed by atoms with Crippen molar-refractivity contribution in [3.05, 3.63) is 113 Å². The van der Waals surface area contributed by atoms with Crippen molar-refractivity contribution in [2.45, 2.75) is 9.79 Å². The van der Waals surface area contributed by atoms with Crippen LogP contribution in [0.25, 0.3) is 5.95 Å². The van der Waals surface area contributed by atoms with Crippen LogP contribution < -0.4 is 32.4 Å². The average molecular weight is 840 g/mol. The van der Waals surface area contributed by atoms with Crippen LogP contribution >= 0.6 is 0 Å². The fourth-order valence-corrected chi connectivity index (χ4v) is 6.68. The van der Waals surface area contributed by atoms with Gasteiger partial charge in [0.1, 0.15) is 9.79 Å². The summed E-state index contributed by atoms with van der Waals surface area (Å²) >= 11 is 0. The maximum Gasteiger partial charge on any atom is 0.407 e. The Morgan fingerprint density at radius 1 is 0.754 bits per heavy atom. The van der Waals surface area contributed by atoms with Crippen LogP contribution in [0.4, 0.5) is 28.7 Å². The van der Waals surface area contributed by atoms with Gasteiger partial charge >= 0.3 is 11.6 Å². The van der Waals surface area contributed by atoms with Crippen LogP contribution in [0.2, 0.25) is 0 Å². The molecule has 294 valence electrons. The summed E-state index contributed by atoms with van der Waals surface area (Å²) < 4.78 is 101. The third kappa shape index (κ3) is 9.81. The summed E-state index contributed by atoms with van der Waals surface area (Å²) in [5.74, 6) is -0.915. The molecule has 1 aliphatic rings. The van der Waals surface area contributed by atoms with Gasteiger partial charge in [0.15, 0.2) is 0 Å². The molecule has 0 atom stereocenters. The molecule has 13 N–H and O–H groups in total. The Labute approximate surface area is 318 Å². The number of nitrogens with one attached hydrogen (secondary N) is 8. The highest BCUT2D eigenvalue weighted by Crippen LogP contribution is 2.32. The third-order valence-electron chi connectivity index (χ3n) is 7.30. The van der Waals surface area contributed by atoms with Gasteiger partial charge in [-0.05, 0) is 77.8 Å². The lowest BCUT2D eigenvalue weighted by Crippen LogP contribution is -2.40. The number of aliphatic hydroxyl groups is 1. The van der Waals surface area contributed by atoms with Crippen LogP contribution in [-0.4, -0.2) is 90.7 Å². The van der Waals surface area contributed by atoms with Gasteiger partial charge in [-0.25, -0.2) is 23.7 Å². The van der Waals surface area contributed by atoms with Crippen molar-refractivity contribution in [2.24, 2.45) is 15.0 Å². The molecular weight excluding hydrogens is 813 g/mol. The van der Waals surface area contributed by atoms with Crippen molar-refractivity contribution in [1.29, 1.82) is 16.2 Å². The topological polar surface area (TPSA) is 400 Å². The third-order valence-corrected chi connectivity index (χ3v) is 9.96. The molecule has 0 fully saturated rings. The SMILES string of the molecule is N=C(O)c1ccc[n+](-c2nc(=N)[nH]c(=Nc3ccc(Nc4ccc(N=c5[nH]c(N=C6C=CC(=S(=O)(O)O)C=C6)nc(=N)[nH]5)cc4S(=O)(=O)O)cc3S(=O)(=O)O)[nH]2)c1. The number of H-pyrrole nitrogens is 4. The van der Waals surface area contributed by atoms with Gasteiger partial charge in [0.25, 0.3) is 25.9 Å². The number of rotatable bonds is 9. The summed E-state index contributed by atoms with van der Waals surface area (Å²) in [5, 5.41) is 35.7. The molecule has 3 heterocycles. The predicted molar refractivity (Wildman–Crippen MR) is 199 cm³/mol. The van der Waals surface area contributed by atoms with E-state index in [4.69, 9.17) is 16.2 Å². The number of aliphatic hydroxyl groups excluding tert-OH is 1. The zero-order valence-corrected chi connectivity index (χ0v) is 30.7. The van der Waals surface area contributed by atoms with E-state index in [9.17, 15) is 44.4 Å². The zero-order valence-electron chi connectivity index (χ0n) is 28.3.